The maximum absolute atomic E-state index is 10.2. The van der Waals surface area contributed by atoms with E-state index < -0.39 is 0 Å². The second-order valence-corrected chi connectivity index (χ2v) is 2.99. The van der Waals surface area contributed by atoms with Crippen LogP contribution in [0, 0.1) is 6.92 Å². The van der Waals surface area contributed by atoms with Crippen molar-refractivity contribution in [2.45, 2.75) is 13.3 Å². The van der Waals surface area contributed by atoms with Crippen molar-refractivity contribution in [1.29, 1.82) is 0 Å². The first-order chi connectivity index (χ1) is 7.24. The molecule has 15 heavy (non-hydrogen) atoms. The van der Waals surface area contributed by atoms with Gasteiger partial charge in [-0.15, -0.1) is 0 Å². The molecule has 1 heterocycles. The first-order valence-electron chi connectivity index (χ1n) is 4.94. The van der Waals surface area contributed by atoms with Crippen LogP contribution >= 0.6 is 0 Å². The summed E-state index contributed by atoms with van der Waals surface area (Å²) in [6, 6.07) is 0. The van der Waals surface area contributed by atoms with Gasteiger partial charge in [0, 0.05) is 0 Å². The van der Waals surface area contributed by atoms with Gasteiger partial charge in [0.15, 0.2) is 6.61 Å². The molecule has 89 valence electrons. The molecule has 0 aromatic rings. The molecule has 0 aliphatic carbocycles. The summed E-state index contributed by atoms with van der Waals surface area (Å²) >= 11 is 0.750. The fourth-order valence-electron chi connectivity index (χ4n) is 1.16. The molecule has 0 spiro atoms. The Morgan fingerprint density at radius 1 is 1.53 bits per heavy atom. The van der Waals surface area contributed by atoms with Gasteiger partial charge in [-0.1, -0.05) is 13.5 Å². The molecule has 1 saturated heterocycles. The predicted octanol–water partition coefficient (Wildman–Crippen LogP) is -0.790. The molecule has 1 N–H and O–H groups in total. The first-order valence-corrected chi connectivity index (χ1v) is 5.57. The molecule has 0 amide bonds. The zero-order valence-corrected chi connectivity index (χ0v) is 10.8. The molecular weight excluding hydrogens is 234 g/mol. The van der Waals surface area contributed by atoms with Crippen LogP contribution in [0.4, 0.5) is 0 Å². The Hall–Kier alpha value is 0.354. The van der Waals surface area contributed by atoms with Crippen molar-refractivity contribution in [3.63, 3.8) is 0 Å². The van der Waals surface area contributed by atoms with E-state index in [0.717, 1.165) is 40.0 Å². The van der Waals surface area contributed by atoms with E-state index in [2.05, 4.69) is 6.92 Å². The standard InChI is InChI=1S/C6H13NO3.C3H7.O.Ti/c8-4-1-7(2-5-9)3-6-10-7;1-3-2;;/h8H,1-6H2;1,3H2,2H3;;/q;-1;;+1. The van der Waals surface area contributed by atoms with Crippen molar-refractivity contribution in [1.82, 2.24) is 0 Å². The van der Waals surface area contributed by atoms with Crippen LogP contribution in [0.15, 0.2) is 0 Å². The SMILES string of the molecule is [CH2-]CC.[O-]CC[N+]1(CCO)CCO1.[O]=[Ti+]. The Morgan fingerprint density at radius 3 is 2.20 bits per heavy atom. The van der Waals surface area contributed by atoms with E-state index >= 15 is 0 Å². The first kappa shape index (κ1) is 17.7. The summed E-state index contributed by atoms with van der Waals surface area (Å²) in [5, 5.41) is 18.8. The van der Waals surface area contributed by atoms with Crippen LogP contribution in [0.3, 0.4) is 0 Å². The summed E-state index contributed by atoms with van der Waals surface area (Å²) < 4.78 is 8.62. The quantitative estimate of drug-likeness (QED) is 0.405. The maximum atomic E-state index is 10.2. The van der Waals surface area contributed by atoms with Crippen LogP contribution in [0.2, 0.25) is 0 Å². The van der Waals surface area contributed by atoms with Crippen LogP contribution < -0.4 is 5.11 Å². The monoisotopic (exact) mass is 254 g/mol. The van der Waals surface area contributed by atoms with E-state index in [-0.39, 0.29) is 13.2 Å². The van der Waals surface area contributed by atoms with Crippen LogP contribution in [0.1, 0.15) is 13.3 Å². The second kappa shape index (κ2) is 12.4. The normalized spacial score (nSPS) is 22.8. The molecule has 1 aliphatic heterocycles. The summed E-state index contributed by atoms with van der Waals surface area (Å²) in [7, 11) is 0. The van der Waals surface area contributed by atoms with E-state index in [1.54, 1.807) is 0 Å². The molecule has 0 saturated carbocycles. The van der Waals surface area contributed by atoms with Gasteiger partial charge in [-0.3, -0.25) is 0 Å². The van der Waals surface area contributed by atoms with Crippen LogP contribution in [-0.2, 0) is 28.6 Å². The van der Waals surface area contributed by atoms with Crippen LogP contribution in [-0.4, -0.2) is 49.2 Å². The molecular formula is C9H20NO4Ti. The fourth-order valence-corrected chi connectivity index (χ4v) is 1.16. The summed E-state index contributed by atoms with van der Waals surface area (Å²) in [6.07, 6.45) is 1.00. The Bertz CT molecular complexity index is 125. The van der Waals surface area contributed by atoms with Crippen LogP contribution in [0.25, 0.3) is 0 Å². The Balaban J connectivity index is 0. The summed E-state index contributed by atoms with van der Waals surface area (Å²) in [4.78, 5) is 5.18. The third kappa shape index (κ3) is 8.19. The van der Waals surface area contributed by atoms with Gasteiger partial charge in [0.25, 0.3) is 0 Å². The van der Waals surface area contributed by atoms with E-state index in [4.69, 9.17) is 13.3 Å². The summed E-state index contributed by atoms with van der Waals surface area (Å²) in [6.45, 7) is 8.12. The Labute approximate surface area is 103 Å². The van der Waals surface area contributed by atoms with Crippen molar-refractivity contribution >= 4 is 0 Å². The van der Waals surface area contributed by atoms with Gasteiger partial charge < -0.3 is 17.1 Å². The third-order valence-electron chi connectivity index (χ3n) is 1.87. The van der Waals surface area contributed by atoms with Gasteiger partial charge in [0.05, 0.1) is 13.2 Å². The molecule has 1 unspecified atom stereocenters. The zero-order chi connectivity index (χ0) is 12.2. The van der Waals surface area contributed by atoms with Crippen molar-refractivity contribution < 1.29 is 43.4 Å². The van der Waals surface area contributed by atoms with Gasteiger partial charge in [0.1, 0.15) is 13.1 Å². The number of aliphatic hydroxyl groups is 1. The van der Waals surface area contributed by atoms with E-state index in [1.807, 2.05) is 6.92 Å². The number of nitrogens with zero attached hydrogens (tertiary/aromatic N) is 1. The van der Waals surface area contributed by atoms with E-state index in [9.17, 15) is 5.11 Å². The predicted molar refractivity (Wildman–Crippen MR) is 49.1 cm³/mol. The molecule has 0 aromatic heterocycles. The van der Waals surface area contributed by atoms with Gasteiger partial charge in [-0.05, 0) is 0 Å². The number of hydroxylamine groups is 3. The molecule has 0 radical (unpaired) electrons. The minimum absolute atomic E-state index is 0.0972. The molecule has 1 atom stereocenters. The molecule has 1 fully saturated rings. The molecule has 0 bridgehead atoms. The number of hydrogen-bond acceptors (Lipinski definition) is 4. The van der Waals surface area contributed by atoms with Crippen molar-refractivity contribution in [2.75, 3.05) is 39.5 Å². The van der Waals surface area contributed by atoms with Gasteiger partial charge >= 0.3 is 23.7 Å². The summed E-state index contributed by atoms with van der Waals surface area (Å²) in [5.74, 6) is 0. The van der Waals surface area contributed by atoms with Crippen LogP contribution in [0.5, 0.6) is 0 Å². The second-order valence-electron chi connectivity index (χ2n) is 2.99. The molecule has 0 aromatic carbocycles. The van der Waals surface area contributed by atoms with Gasteiger partial charge in [-0.2, -0.15) is 15.9 Å². The topological polar surface area (TPSA) is 69.6 Å². The third-order valence-corrected chi connectivity index (χ3v) is 1.87. The Morgan fingerprint density at radius 2 is 2.00 bits per heavy atom. The van der Waals surface area contributed by atoms with Gasteiger partial charge in [0.2, 0.25) is 0 Å². The molecule has 6 heteroatoms. The fraction of sp³-hybridized carbons (Fsp3) is 0.889. The molecule has 1 aliphatic rings. The van der Waals surface area contributed by atoms with Crippen molar-refractivity contribution in [3.8, 4) is 0 Å². The molecule has 1 rings (SSSR count). The zero-order valence-electron chi connectivity index (χ0n) is 9.28. The van der Waals surface area contributed by atoms with Crippen molar-refractivity contribution in [2.24, 2.45) is 0 Å². The number of hydrogen-bond donors (Lipinski definition) is 1. The number of quaternary nitrogens is 1. The van der Waals surface area contributed by atoms with Gasteiger partial charge in [-0.25, -0.2) is 0 Å². The number of rotatable bonds is 4. The molecule has 5 nitrogen and oxygen atoms in total. The van der Waals surface area contributed by atoms with Crippen molar-refractivity contribution in [3.05, 3.63) is 6.92 Å². The Kier molecular flexibility index (Phi) is 14.7. The summed E-state index contributed by atoms with van der Waals surface area (Å²) in [5.41, 5.74) is 0. The number of aliphatic hydroxyl groups excluding tert-OH is 1. The van der Waals surface area contributed by atoms with E-state index in [1.165, 1.54) is 0 Å². The van der Waals surface area contributed by atoms with E-state index in [0.29, 0.717) is 17.7 Å². The average Bonchev–Trinajstić information content (AvgIpc) is 2.19. The average molecular weight is 254 g/mol. The minimum atomic E-state index is -0.125.